The third-order valence-corrected chi connectivity index (χ3v) is 4.26. The van der Waals surface area contributed by atoms with Crippen LogP contribution in [0.2, 0.25) is 0 Å². The predicted molar refractivity (Wildman–Crippen MR) is 46.2 cm³/mol. The molecule has 3 aliphatic rings. The van der Waals surface area contributed by atoms with E-state index in [9.17, 15) is 0 Å². The Morgan fingerprint density at radius 1 is 0.818 bits per heavy atom. The number of hydrogen-bond donors (Lipinski definition) is 0. The lowest BCUT2D eigenvalue weighted by atomic mass is 9.73. The van der Waals surface area contributed by atoms with Crippen molar-refractivity contribution in [1.29, 1.82) is 0 Å². The molecule has 0 nitrogen and oxygen atoms in total. The fourth-order valence-electron chi connectivity index (χ4n) is 3.77. The van der Waals surface area contributed by atoms with Crippen LogP contribution in [-0.4, -0.2) is 0 Å². The summed E-state index contributed by atoms with van der Waals surface area (Å²) in [5, 5.41) is 0. The van der Waals surface area contributed by atoms with Crippen molar-refractivity contribution in [3.8, 4) is 0 Å². The molecule has 0 aliphatic heterocycles. The Bertz CT molecular complexity index is 172. The van der Waals surface area contributed by atoms with Crippen LogP contribution >= 0.6 is 0 Å². The van der Waals surface area contributed by atoms with Gasteiger partial charge in [-0.1, -0.05) is 12.2 Å². The first-order valence-corrected chi connectivity index (χ1v) is 5.10. The number of hydrogen-bond acceptors (Lipinski definition) is 0. The van der Waals surface area contributed by atoms with Crippen molar-refractivity contribution in [3.63, 3.8) is 0 Å². The fourth-order valence-corrected chi connectivity index (χ4v) is 3.77. The minimum absolute atomic E-state index is 1.11. The third kappa shape index (κ3) is 0.758. The van der Waals surface area contributed by atoms with Gasteiger partial charge in [0.15, 0.2) is 0 Å². The predicted octanol–water partition coefficient (Wildman–Crippen LogP) is 3.00. The lowest BCUT2D eigenvalue weighted by molar-refractivity contribution is 0.216. The highest BCUT2D eigenvalue weighted by atomic mass is 14.5. The van der Waals surface area contributed by atoms with E-state index in [4.69, 9.17) is 0 Å². The number of fused-ring (bicyclic) bond motifs is 5. The van der Waals surface area contributed by atoms with Crippen LogP contribution in [0.25, 0.3) is 0 Å². The minimum Gasteiger partial charge on any atom is -0.0882 e. The Hall–Kier alpha value is -0.260. The van der Waals surface area contributed by atoms with Gasteiger partial charge in [0.1, 0.15) is 0 Å². The van der Waals surface area contributed by atoms with Crippen molar-refractivity contribution in [2.75, 3.05) is 0 Å². The van der Waals surface area contributed by atoms with Gasteiger partial charge in [-0.3, -0.25) is 0 Å². The molecule has 0 amide bonds. The van der Waals surface area contributed by atoms with Gasteiger partial charge in [-0.25, -0.2) is 0 Å². The highest BCUT2D eigenvalue weighted by Gasteiger charge is 2.46. The molecule has 4 atom stereocenters. The van der Waals surface area contributed by atoms with Gasteiger partial charge in [0.05, 0.1) is 0 Å². The molecule has 0 spiro atoms. The summed E-state index contributed by atoms with van der Waals surface area (Å²) in [6, 6.07) is 0. The Morgan fingerprint density at radius 2 is 1.36 bits per heavy atom. The largest absolute Gasteiger partial charge is 0.0882 e. The highest BCUT2D eigenvalue weighted by molar-refractivity contribution is 5.05. The molecule has 2 bridgehead atoms. The van der Waals surface area contributed by atoms with Gasteiger partial charge in [-0.2, -0.15) is 0 Å². The second-order valence-corrected chi connectivity index (χ2v) is 4.60. The molecule has 0 aromatic rings. The maximum Gasteiger partial charge on any atom is -0.0317 e. The topological polar surface area (TPSA) is 0 Å². The molecule has 3 rings (SSSR count). The van der Waals surface area contributed by atoms with Crippen molar-refractivity contribution < 1.29 is 0 Å². The molecular formula is C11H16. The van der Waals surface area contributed by atoms with Crippen LogP contribution in [0.1, 0.15) is 32.1 Å². The number of rotatable bonds is 0. The van der Waals surface area contributed by atoms with Gasteiger partial charge in [0.2, 0.25) is 0 Å². The molecule has 0 aromatic carbocycles. The first-order valence-electron chi connectivity index (χ1n) is 5.10. The maximum absolute atomic E-state index is 2.42. The van der Waals surface area contributed by atoms with Crippen molar-refractivity contribution in [3.05, 3.63) is 12.2 Å². The normalized spacial score (nSPS) is 53.1. The summed E-state index contributed by atoms with van der Waals surface area (Å²) in [6.45, 7) is 0. The molecule has 0 saturated heterocycles. The summed E-state index contributed by atoms with van der Waals surface area (Å²) in [5.41, 5.74) is 0. The zero-order chi connectivity index (χ0) is 7.26. The Labute approximate surface area is 68.7 Å². The summed E-state index contributed by atoms with van der Waals surface area (Å²) in [5.74, 6) is 4.49. The van der Waals surface area contributed by atoms with Crippen LogP contribution in [0.4, 0.5) is 0 Å². The van der Waals surface area contributed by atoms with Gasteiger partial charge in [-0.15, -0.1) is 0 Å². The zero-order valence-electron chi connectivity index (χ0n) is 7.00. The second kappa shape index (κ2) is 2.12. The van der Waals surface area contributed by atoms with E-state index in [1.807, 2.05) is 0 Å². The maximum atomic E-state index is 2.42. The standard InChI is InChI=1S/C11H16/c1-2-4-11-9-6-5-8(7-9)10(11)3-1/h1-2,8-11H,3-7H2/t8-,9+,10-,11+. The van der Waals surface area contributed by atoms with Gasteiger partial charge < -0.3 is 0 Å². The summed E-state index contributed by atoms with van der Waals surface area (Å²) in [7, 11) is 0. The molecule has 60 valence electrons. The molecule has 11 heavy (non-hydrogen) atoms. The fraction of sp³-hybridized carbons (Fsp3) is 0.818. The van der Waals surface area contributed by atoms with Gasteiger partial charge in [0, 0.05) is 0 Å². The summed E-state index contributed by atoms with van der Waals surface area (Å²) >= 11 is 0. The van der Waals surface area contributed by atoms with Gasteiger partial charge in [-0.05, 0) is 55.8 Å². The first kappa shape index (κ1) is 6.28. The van der Waals surface area contributed by atoms with Crippen LogP contribution in [0.15, 0.2) is 12.2 Å². The molecule has 0 heterocycles. The van der Waals surface area contributed by atoms with E-state index in [0.717, 1.165) is 23.7 Å². The van der Waals surface area contributed by atoms with Crippen molar-refractivity contribution in [2.45, 2.75) is 32.1 Å². The Balaban J connectivity index is 1.91. The number of allylic oxidation sites excluding steroid dienone is 2. The second-order valence-electron chi connectivity index (χ2n) is 4.60. The van der Waals surface area contributed by atoms with Crippen molar-refractivity contribution in [1.82, 2.24) is 0 Å². The van der Waals surface area contributed by atoms with E-state index in [1.165, 1.54) is 12.8 Å². The summed E-state index contributed by atoms with van der Waals surface area (Å²) < 4.78 is 0. The zero-order valence-corrected chi connectivity index (χ0v) is 7.00. The van der Waals surface area contributed by atoms with E-state index >= 15 is 0 Å². The van der Waals surface area contributed by atoms with E-state index < -0.39 is 0 Å². The van der Waals surface area contributed by atoms with E-state index in [2.05, 4.69) is 12.2 Å². The molecule has 0 unspecified atom stereocenters. The monoisotopic (exact) mass is 148 g/mol. The molecular weight excluding hydrogens is 132 g/mol. The summed E-state index contributed by atoms with van der Waals surface area (Å²) in [4.78, 5) is 0. The molecule has 2 saturated carbocycles. The molecule has 0 radical (unpaired) electrons. The van der Waals surface area contributed by atoms with Crippen LogP contribution in [0, 0.1) is 23.7 Å². The van der Waals surface area contributed by atoms with Gasteiger partial charge in [0.25, 0.3) is 0 Å². The van der Waals surface area contributed by atoms with Crippen LogP contribution in [-0.2, 0) is 0 Å². The SMILES string of the molecule is C1=CC[C@H]2[C@H]3CC[C@H](C3)[C@H]2C1. The molecule has 0 N–H and O–H groups in total. The molecule has 0 aromatic heterocycles. The summed E-state index contributed by atoms with van der Waals surface area (Å²) in [6.07, 6.45) is 12.3. The van der Waals surface area contributed by atoms with Gasteiger partial charge >= 0.3 is 0 Å². The van der Waals surface area contributed by atoms with E-state index in [1.54, 1.807) is 19.3 Å². The average molecular weight is 148 g/mol. The average Bonchev–Trinajstić information content (AvgIpc) is 2.64. The van der Waals surface area contributed by atoms with Crippen molar-refractivity contribution in [2.24, 2.45) is 23.7 Å². The minimum atomic E-state index is 1.11. The van der Waals surface area contributed by atoms with Crippen molar-refractivity contribution >= 4 is 0 Å². The third-order valence-electron chi connectivity index (χ3n) is 4.26. The highest BCUT2D eigenvalue weighted by Crippen LogP contribution is 2.55. The molecule has 3 aliphatic carbocycles. The molecule has 2 fully saturated rings. The van der Waals surface area contributed by atoms with E-state index in [-0.39, 0.29) is 0 Å². The molecule has 0 heteroatoms. The lowest BCUT2D eigenvalue weighted by Gasteiger charge is -2.32. The van der Waals surface area contributed by atoms with Crippen LogP contribution in [0.5, 0.6) is 0 Å². The van der Waals surface area contributed by atoms with Crippen LogP contribution in [0.3, 0.4) is 0 Å². The van der Waals surface area contributed by atoms with E-state index in [0.29, 0.717) is 0 Å². The quantitative estimate of drug-likeness (QED) is 0.463. The van der Waals surface area contributed by atoms with Crippen LogP contribution < -0.4 is 0 Å². The Morgan fingerprint density at radius 3 is 1.91 bits per heavy atom. The smallest absolute Gasteiger partial charge is 0.0317 e. The lowest BCUT2D eigenvalue weighted by Crippen LogP contribution is -2.23. The first-order chi connectivity index (χ1) is 5.45. The Kier molecular flexibility index (Phi) is 1.21.